The highest BCUT2D eigenvalue weighted by Crippen LogP contribution is 2.19. The Morgan fingerprint density at radius 1 is 1.10 bits per heavy atom. The van der Waals surface area contributed by atoms with Crippen molar-refractivity contribution in [3.63, 3.8) is 0 Å². The van der Waals surface area contributed by atoms with Crippen molar-refractivity contribution in [3.05, 3.63) is 54.1 Å². The van der Waals surface area contributed by atoms with Crippen molar-refractivity contribution in [2.45, 2.75) is 11.8 Å². The third-order valence-electron chi connectivity index (χ3n) is 2.55. The van der Waals surface area contributed by atoms with Crippen LogP contribution in [-0.2, 0) is 0 Å². The Labute approximate surface area is 121 Å². The third-order valence-corrected chi connectivity index (χ3v) is 3.15. The number of carbonyl (C=O) groups is 1. The van der Waals surface area contributed by atoms with E-state index in [1.54, 1.807) is 24.3 Å². The van der Waals surface area contributed by atoms with Crippen LogP contribution in [0.15, 0.2) is 53.4 Å². The van der Waals surface area contributed by atoms with Crippen molar-refractivity contribution >= 4 is 29.2 Å². The number of anilines is 2. The number of hydrogen-bond acceptors (Lipinski definition) is 3. The Bertz CT molecular complexity index is 647. The second-order valence-corrected chi connectivity index (χ2v) is 5.02. The number of nitrogens with zero attached hydrogens (tertiary/aromatic N) is 1. The highest BCUT2D eigenvalue weighted by Gasteiger charge is 2.03. The van der Waals surface area contributed by atoms with Gasteiger partial charge in [-0.3, -0.25) is 0 Å². The molecule has 2 rings (SSSR count). The highest BCUT2D eigenvalue weighted by atomic mass is 32.2. The molecule has 0 radical (unpaired) electrons. The Hall–Kier alpha value is -2.45. The molecule has 2 amide bonds. The molecule has 100 valence electrons. The maximum Gasteiger partial charge on any atom is 0.323 e. The second-order valence-electron chi connectivity index (χ2n) is 4.17. The number of thiocyanates is 1. The van der Waals surface area contributed by atoms with E-state index in [0.717, 1.165) is 27.9 Å². The molecular formula is C15H13N3OS. The second kappa shape index (κ2) is 6.64. The number of rotatable bonds is 3. The van der Waals surface area contributed by atoms with Gasteiger partial charge in [0.15, 0.2) is 0 Å². The molecule has 0 unspecified atom stereocenters. The SMILES string of the molecule is Cc1cccc(NC(=O)Nc2ccc(SC#N)cc2)c1. The fourth-order valence-corrected chi connectivity index (χ4v) is 2.05. The molecule has 0 spiro atoms. The van der Waals surface area contributed by atoms with Gasteiger partial charge in [0.2, 0.25) is 0 Å². The molecule has 0 atom stereocenters. The van der Waals surface area contributed by atoms with Crippen molar-refractivity contribution in [1.29, 1.82) is 5.26 Å². The summed E-state index contributed by atoms with van der Waals surface area (Å²) in [5, 5.41) is 16.1. The van der Waals surface area contributed by atoms with Crippen LogP contribution in [0.1, 0.15) is 5.56 Å². The molecule has 4 nitrogen and oxygen atoms in total. The zero-order valence-electron chi connectivity index (χ0n) is 10.9. The quantitative estimate of drug-likeness (QED) is 0.655. The van der Waals surface area contributed by atoms with Crippen LogP contribution >= 0.6 is 11.8 Å². The Kier molecular flexibility index (Phi) is 4.64. The van der Waals surface area contributed by atoms with Gasteiger partial charge in [0.25, 0.3) is 0 Å². The molecule has 2 aromatic carbocycles. The first-order valence-electron chi connectivity index (χ1n) is 5.98. The average molecular weight is 283 g/mol. The minimum atomic E-state index is -0.295. The van der Waals surface area contributed by atoms with E-state index in [1.165, 1.54) is 0 Å². The molecule has 20 heavy (non-hydrogen) atoms. The van der Waals surface area contributed by atoms with Crippen molar-refractivity contribution in [2.24, 2.45) is 0 Å². The lowest BCUT2D eigenvalue weighted by atomic mass is 10.2. The molecular weight excluding hydrogens is 270 g/mol. The summed E-state index contributed by atoms with van der Waals surface area (Å²) in [5.41, 5.74) is 2.51. The number of aryl methyl sites for hydroxylation is 1. The summed E-state index contributed by atoms with van der Waals surface area (Å²) in [5.74, 6) is 0. The Morgan fingerprint density at radius 2 is 1.80 bits per heavy atom. The van der Waals surface area contributed by atoms with Gasteiger partial charge in [0.05, 0.1) is 0 Å². The summed E-state index contributed by atoms with van der Waals surface area (Å²) >= 11 is 1.08. The van der Waals surface area contributed by atoms with Gasteiger partial charge in [-0.1, -0.05) is 12.1 Å². The largest absolute Gasteiger partial charge is 0.323 e. The van der Waals surface area contributed by atoms with Gasteiger partial charge in [-0.05, 0) is 60.6 Å². The molecule has 0 heterocycles. The number of carbonyl (C=O) groups excluding carboxylic acids is 1. The number of benzene rings is 2. The number of amides is 2. The maximum absolute atomic E-state index is 11.8. The van der Waals surface area contributed by atoms with Crippen LogP contribution in [0.5, 0.6) is 0 Å². The summed E-state index contributed by atoms with van der Waals surface area (Å²) < 4.78 is 0. The van der Waals surface area contributed by atoms with E-state index in [-0.39, 0.29) is 6.03 Å². The zero-order valence-corrected chi connectivity index (χ0v) is 11.7. The Morgan fingerprint density at radius 3 is 2.45 bits per heavy atom. The molecule has 2 aromatic rings. The summed E-state index contributed by atoms with van der Waals surface area (Å²) in [6.45, 7) is 1.97. The lowest BCUT2D eigenvalue weighted by molar-refractivity contribution is 0.262. The van der Waals surface area contributed by atoms with E-state index in [2.05, 4.69) is 10.6 Å². The average Bonchev–Trinajstić information content (AvgIpc) is 2.41. The monoisotopic (exact) mass is 283 g/mol. The molecule has 5 heteroatoms. The molecule has 2 N–H and O–H groups in total. The van der Waals surface area contributed by atoms with Crippen LogP contribution < -0.4 is 10.6 Å². The summed E-state index contributed by atoms with van der Waals surface area (Å²) in [6.07, 6.45) is 0. The van der Waals surface area contributed by atoms with Crippen molar-refractivity contribution in [1.82, 2.24) is 0 Å². The standard InChI is InChI=1S/C15H13N3OS/c1-11-3-2-4-13(9-11)18-15(19)17-12-5-7-14(8-6-12)20-10-16/h2-9H,1H3,(H2,17,18,19). The van der Waals surface area contributed by atoms with E-state index in [1.807, 2.05) is 36.6 Å². The highest BCUT2D eigenvalue weighted by molar-refractivity contribution is 8.03. The molecule has 0 saturated carbocycles. The fraction of sp³-hybridized carbons (Fsp3) is 0.0667. The molecule has 0 aromatic heterocycles. The topological polar surface area (TPSA) is 64.9 Å². The summed E-state index contributed by atoms with van der Waals surface area (Å²) in [4.78, 5) is 12.7. The van der Waals surface area contributed by atoms with E-state index in [9.17, 15) is 4.79 Å². The number of urea groups is 1. The summed E-state index contributed by atoms with van der Waals surface area (Å²) in [7, 11) is 0. The predicted octanol–water partition coefficient (Wildman–Crippen LogP) is 4.21. The zero-order chi connectivity index (χ0) is 14.4. The smallest absolute Gasteiger partial charge is 0.308 e. The van der Waals surface area contributed by atoms with Gasteiger partial charge in [-0.2, -0.15) is 5.26 Å². The van der Waals surface area contributed by atoms with Gasteiger partial charge in [0.1, 0.15) is 5.40 Å². The van der Waals surface area contributed by atoms with Gasteiger partial charge in [0, 0.05) is 16.3 Å². The van der Waals surface area contributed by atoms with Crippen LogP contribution in [0, 0.1) is 17.6 Å². The third kappa shape index (κ3) is 4.04. The summed E-state index contributed by atoms with van der Waals surface area (Å²) in [6, 6.07) is 14.4. The van der Waals surface area contributed by atoms with E-state index in [0.29, 0.717) is 5.69 Å². The number of nitrogens with one attached hydrogen (secondary N) is 2. The predicted molar refractivity (Wildman–Crippen MR) is 81.7 cm³/mol. The van der Waals surface area contributed by atoms with Crippen molar-refractivity contribution < 1.29 is 4.79 Å². The van der Waals surface area contributed by atoms with Crippen molar-refractivity contribution in [3.8, 4) is 5.40 Å². The minimum absolute atomic E-state index is 0.295. The molecule has 0 aliphatic rings. The maximum atomic E-state index is 11.8. The Balaban J connectivity index is 1.96. The van der Waals surface area contributed by atoms with Crippen LogP contribution in [0.3, 0.4) is 0 Å². The van der Waals surface area contributed by atoms with Crippen LogP contribution in [-0.4, -0.2) is 6.03 Å². The first-order chi connectivity index (χ1) is 9.67. The van der Waals surface area contributed by atoms with Crippen LogP contribution in [0.4, 0.5) is 16.2 Å². The molecule has 0 bridgehead atoms. The van der Waals surface area contributed by atoms with E-state index in [4.69, 9.17) is 5.26 Å². The van der Waals surface area contributed by atoms with Gasteiger partial charge >= 0.3 is 6.03 Å². The van der Waals surface area contributed by atoms with Gasteiger partial charge < -0.3 is 10.6 Å². The molecule has 0 saturated heterocycles. The normalized spacial score (nSPS) is 9.60. The fourth-order valence-electron chi connectivity index (χ4n) is 1.68. The number of hydrogen-bond donors (Lipinski definition) is 2. The van der Waals surface area contributed by atoms with Crippen LogP contribution in [0.25, 0.3) is 0 Å². The first-order valence-corrected chi connectivity index (χ1v) is 6.80. The van der Waals surface area contributed by atoms with Crippen molar-refractivity contribution in [2.75, 3.05) is 10.6 Å². The lowest BCUT2D eigenvalue weighted by Gasteiger charge is -2.08. The van der Waals surface area contributed by atoms with E-state index < -0.39 is 0 Å². The number of thioether (sulfide) groups is 1. The van der Waals surface area contributed by atoms with Gasteiger partial charge in [-0.25, -0.2) is 4.79 Å². The minimum Gasteiger partial charge on any atom is -0.308 e. The molecule has 0 fully saturated rings. The van der Waals surface area contributed by atoms with Gasteiger partial charge in [-0.15, -0.1) is 0 Å². The van der Waals surface area contributed by atoms with E-state index >= 15 is 0 Å². The molecule has 0 aliphatic carbocycles. The lowest BCUT2D eigenvalue weighted by Crippen LogP contribution is -2.19. The number of nitriles is 1. The first kappa shape index (κ1) is 14.0. The molecule has 0 aliphatic heterocycles. The van der Waals surface area contributed by atoms with Crippen LogP contribution in [0.2, 0.25) is 0 Å².